The van der Waals surface area contributed by atoms with Crippen molar-refractivity contribution in [1.29, 1.82) is 0 Å². The lowest BCUT2D eigenvalue weighted by atomic mass is 9.82. The molecular weight excluding hydrogens is 571 g/mol. The quantitative estimate of drug-likeness (QED) is 0.184. The van der Waals surface area contributed by atoms with Crippen molar-refractivity contribution in [3.8, 4) is 67.3 Å². The van der Waals surface area contributed by atoms with Crippen LogP contribution in [0.4, 0.5) is 5.69 Å². The van der Waals surface area contributed by atoms with Crippen LogP contribution in [-0.2, 0) is 5.41 Å². The molecule has 0 N–H and O–H groups in total. The van der Waals surface area contributed by atoms with Gasteiger partial charge < -0.3 is 0 Å². The first-order chi connectivity index (χ1) is 23.0. The van der Waals surface area contributed by atoms with Crippen LogP contribution in [0.15, 0.2) is 152 Å². The van der Waals surface area contributed by atoms with Gasteiger partial charge in [0.1, 0.15) is 0 Å². The molecule has 1 aliphatic rings. The minimum atomic E-state index is -0.118. The summed E-state index contributed by atoms with van der Waals surface area (Å²) in [5, 5.41) is 0. The van der Waals surface area contributed by atoms with E-state index in [0.717, 1.165) is 55.9 Å². The molecule has 222 valence electrons. The summed E-state index contributed by atoms with van der Waals surface area (Å²) < 4.78 is 0. The molecule has 3 nitrogen and oxygen atoms in total. The van der Waals surface area contributed by atoms with Crippen molar-refractivity contribution in [3.05, 3.63) is 174 Å². The molecule has 0 spiro atoms. The zero-order valence-electron chi connectivity index (χ0n) is 26.3. The molecule has 3 heteroatoms. The summed E-state index contributed by atoms with van der Waals surface area (Å²) in [6.45, 7) is 12.1. The smallest absolute Gasteiger partial charge is 0.187 e. The predicted molar refractivity (Wildman–Crippen MR) is 193 cm³/mol. The molecule has 0 unspecified atom stereocenters. The average molecular weight is 602 g/mol. The molecule has 1 heterocycles. The lowest BCUT2D eigenvalue weighted by Gasteiger charge is -2.21. The molecule has 1 aromatic heterocycles. The van der Waals surface area contributed by atoms with Gasteiger partial charge in [0.05, 0.1) is 18.0 Å². The fraction of sp³-hybridized carbons (Fsp3) is 0.0682. The molecule has 0 saturated carbocycles. The third kappa shape index (κ3) is 5.01. The van der Waals surface area contributed by atoms with E-state index in [4.69, 9.17) is 16.5 Å². The highest BCUT2D eigenvalue weighted by atomic mass is 14.9. The van der Waals surface area contributed by atoms with Crippen LogP contribution in [-0.4, -0.2) is 9.97 Å². The molecular formula is C44H31N3. The molecule has 0 radical (unpaired) electrons. The van der Waals surface area contributed by atoms with Crippen molar-refractivity contribution in [2.45, 2.75) is 19.3 Å². The van der Waals surface area contributed by atoms with E-state index >= 15 is 0 Å². The zero-order valence-corrected chi connectivity index (χ0v) is 26.3. The summed E-state index contributed by atoms with van der Waals surface area (Å²) in [6.07, 6.45) is 0. The second-order valence-electron chi connectivity index (χ2n) is 12.5. The minimum Gasteiger partial charge on any atom is -0.238 e. The second-order valence-corrected chi connectivity index (χ2v) is 12.5. The SMILES string of the molecule is [C-]#[N+]c1ccc2c(c1)-c1cc(-c3cccc(-c4cc(-c5ccccc5-c5ccccc5)nc(-c5ccccc5)n4)c3)ccc1C2(C)C. The number of benzene rings is 6. The molecule has 6 aromatic carbocycles. The van der Waals surface area contributed by atoms with E-state index in [0.29, 0.717) is 11.5 Å². The summed E-state index contributed by atoms with van der Waals surface area (Å²) in [5.41, 5.74) is 14.8. The summed E-state index contributed by atoms with van der Waals surface area (Å²) in [4.78, 5) is 14.0. The Balaban J connectivity index is 1.26. The minimum absolute atomic E-state index is 0.118. The van der Waals surface area contributed by atoms with Gasteiger partial charge in [-0.3, -0.25) is 0 Å². The van der Waals surface area contributed by atoms with E-state index in [1.807, 2.05) is 36.4 Å². The third-order valence-corrected chi connectivity index (χ3v) is 9.33. The Morgan fingerprint density at radius 1 is 0.447 bits per heavy atom. The molecule has 0 atom stereocenters. The first-order valence-electron chi connectivity index (χ1n) is 15.9. The maximum atomic E-state index is 7.58. The first-order valence-corrected chi connectivity index (χ1v) is 15.9. The normalized spacial score (nSPS) is 12.6. The van der Waals surface area contributed by atoms with Crippen molar-refractivity contribution < 1.29 is 0 Å². The lowest BCUT2D eigenvalue weighted by Crippen LogP contribution is -2.14. The number of hydrogen-bond donors (Lipinski definition) is 0. The topological polar surface area (TPSA) is 30.1 Å². The Labute approximate surface area is 275 Å². The maximum absolute atomic E-state index is 7.58. The Morgan fingerprint density at radius 3 is 1.77 bits per heavy atom. The van der Waals surface area contributed by atoms with Gasteiger partial charge in [-0.15, -0.1) is 0 Å². The summed E-state index contributed by atoms with van der Waals surface area (Å²) in [6, 6.07) is 52.7. The van der Waals surface area contributed by atoms with Gasteiger partial charge in [-0.1, -0.05) is 141 Å². The van der Waals surface area contributed by atoms with Crippen molar-refractivity contribution in [3.63, 3.8) is 0 Å². The Kier molecular flexibility index (Phi) is 6.85. The van der Waals surface area contributed by atoms with Crippen molar-refractivity contribution in [2.75, 3.05) is 0 Å². The fourth-order valence-corrected chi connectivity index (χ4v) is 6.89. The zero-order chi connectivity index (χ0) is 32.0. The van der Waals surface area contributed by atoms with Gasteiger partial charge in [0.15, 0.2) is 11.5 Å². The van der Waals surface area contributed by atoms with E-state index < -0.39 is 0 Å². The first kappa shape index (κ1) is 28.4. The van der Waals surface area contributed by atoms with Crippen molar-refractivity contribution >= 4 is 5.69 Å². The molecule has 0 fully saturated rings. The van der Waals surface area contributed by atoms with Crippen LogP contribution >= 0.6 is 0 Å². The highest BCUT2D eigenvalue weighted by molar-refractivity contribution is 5.88. The van der Waals surface area contributed by atoms with Gasteiger partial charge in [0.2, 0.25) is 0 Å². The van der Waals surface area contributed by atoms with Crippen LogP contribution in [0.5, 0.6) is 0 Å². The van der Waals surface area contributed by atoms with Crippen LogP contribution in [0.3, 0.4) is 0 Å². The number of hydrogen-bond acceptors (Lipinski definition) is 2. The van der Waals surface area contributed by atoms with Crippen LogP contribution in [0, 0.1) is 6.57 Å². The largest absolute Gasteiger partial charge is 0.238 e. The summed E-state index contributed by atoms with van der Waals surface area (Å²) in [7, 11) is 0. The van der Waals surface area contributed by atoms with Crippen LogP contribution in [0.1, 0.15) is 25.0 Å². The second kappa shape index (κ2) is 11.4. The van der Waals surface area contributed by atoms with Gasteiger partial charge in [-0.05, 0) is 68.8 Å². The molecule has 7 aromatic rings. The van der Waals surface area contributed by atoms with Gasteiger partial charge in [0, 0.05) is 22.1 Å². The van der Waals surface area contributed by atoms with Gasteiger partial charge in [0.25, 0.3) is 0 Å². The Morgan fingerprint density at radius 2 is 1.02 bits per heavy atom. The Hall–Kier alpha value is -6.11. The number of fused-ring (bicyclic) bond motifs is 3. The van der Waals surface area contributed by atoms with E-state index in [2.05, 4.69) is 134 Å². The van der Waals surface area contributed by atoms with Crippen LogP contribution in [0.25, 0.3) is 72.1 Å². The van der Waals surface area contributed by atoms with Crippen molar-refractivity contribution in [1.82, 2.24) is 9.97 Å². The van der Waals surface area contributed by atoms with E-state index in [1.54, 1.807) is 0 Å². The fourth-order valence-electron chi connectivity index (χ4n) is 6.89. The lowest BCUT2D eigenvalue weighted by molar-refractivity contribution is 0.660. The van der Waals surface area contributed by atoms with Gasteiger partial charge >= 0.3 is 0 Å². The monoisotopic (exact) mass is 601 g/mol. The molecule has 0 saturated heterocycles. The average Bonchev–Trinajstić information content (AvgIpc) is 3.37. The predicted octanol–water partition coefficient (Wildman–Crippen LogP) is 11.7. The molecule has 47 heavy (non-hydrogen) atoms. The van der Waals surface area contributed by atoms with Gasteiger partial charge in [-0.2, -0.15) is 0 Å². The standard InChI is InChI=1S/C44H31N3/c1-44(2)39-23-21-32(26-37(39)38-27-34(45-3)22-24-40(38)44)31-17-12-18-33(25-31)41-28-42(47-43(46-41)30-15-8-5-9-16-30)36-20-11-10-19-35(36)29-13-6-4-7-14-29/h4-28H,1-2H3. The molecule has 0 bridgehead atoms. The highest BCUT2D eigenvalue weighted by Gasteiger charge is 2.35. The van der Waals surface area contributed by atoms with Crippen LogP contribution in [0.2, 0.25) is 0 Å². The molecule has 8 rings (SSSR count). The third-order valence-electron chi connectivity index (χ3n) is 9.33. The molecule has 0 aliphatic heterocycles. The van der Waals surface area contributed by atoms with Gasteiger partial charge in [-0.25, -0.2) is 14.8 Å². The number of aromatic nitrogens is 2. The molecule has 0 amide bonds. The number of nitrogens with zero attached hydrogens (tertiary/aromatic N) is 3. The summed E-state index contributed by atoms with van der Waals surface area (Å²) >= 11 is 0. The van der Waals surface area contributed by atoms with E-state index in [1.165, 1.54) is 16.7 Å². The molecule has 1 aliphatic carbocycles. The van der Waals surface area contributed by atoms with E-state index in [-0.39, 0.29) is 5.41 Å². The maximum Gasteiger partial charge on any atom is 0.187 e. The van der Waals surface area contributed by atoms with E-state index in [9.17, 15) is 0 Å². The van der Waals surface area contributed by atoms with Crippen molar-refractivity contribution in [2.24, 2.45) is 0 Å². The van der Waals surface area contributed by atoms with Crippen LogP contribution < -0.4 is 0 Å². The number of rotatable bonds is 5. The Bertz CT molecular complexity index is 2330. The highest BCUT2D eigenvalue weighted by Crippen LogP contribution is 2.50. The summed E-state index contributed by atoms with van der Waals surface area (Å²) in [5.74, 6) is 0.693.